The lowest BCUT2D eigenvalue weighted by molar-refractivity contribution is -0.113. The zero-order valence-corrected chi connectivity index (χ0v) is 10.5. The van der Waals surface area contributed by atoms with Gasteiger partial charge in [0, 0.05) is 13.0 Å². The quantitative estimate of drug-likeness (QED) is 0.467. The van der Waals surface area contributed by atoms with Gasteiger partial charge in [0.25, 0.3) is 0 Å². The van der Waals surface area contributed by atoms with Crippen molar-refractivity contribution in [1.82, 2.24) is 0 Å². The Morgan fingerprint density at radius 3 is 2.20 bits per heavy atom. The van der Waals surface area contributed by atoms with Crippen molar-refractivity contribution >= 4 is 13.9 Å². The first kappa shape index (κ1) is 15.0. The second-order valence-corrected chi connectivity index (χ2v) is 4.55. The second-order valence-electron chi connectivity index (χ2n) is 3.02. The third kappa shape index (κ3) is 7.86. The van der Waals surface area contributed by atoms with Gasteiger partial charge < -0.3 is 14.2 Å². The average molecular weight is 236 g/mol. The summed E-state index contributed by atoms with van der Waals surface area (Å²) < 4.78 is 10.5. The van der Waals surface area contributed by atoms with E-state index in [2.05, 4.69) is 0 Å². The van der Waals surface area contributed by atoms with Gasteiger partial charge in [0.2, 0.25) is 13.9 Å². The Hall–Kier alpha value is -0.0200. The Morgan fingerprint density at radius 2 is 1.73 bits per heavy atom. The predicted octanol–water partition coefficient (Wildman–Crippen LogP) is 2.45. The maximum atomic E-state index is 11.6. The van der Waals surface area contributed by atoms with Crippen molar-refractivity contribution in [2.45, 2.75) is 39.5 Å². The molecule has 5 heteroatoms. The minimum absolute atomic E-state index is 0.0617. The molecule has 0 fully saturated rings. The number of aliphatic hydroxyl groups is 1. The summed E-state index contributed by atoms with van der Waals surface area (Å²) in [6, 6.07) is 0. The second kappa shape index (κ2) is 10.5. The molecule has 0 heterocycles. The van der Waals surface area contributed by atoms with E-state index in [0.717, 1.165) is 19.3 Å². The summed E-state index contributed by atoms with van der Waals surface area (Å²) in [5.74, 6) is 0. The fourth-order valence-corrected chi connectivity index (χ4v) is 2.24. The van der Waals surface area contributed by atoms with E-state index in [9.17, 15) is 4.79 Å². The third-order valence-corrected chi connectivity index (χ3v) is 3.36. The highest BCUT2D eigenvalue weighted by Gasteiger charge is 2.19. The van der Waals surface area contributed by atoms with Crippen molar-refractivity contribution in [1.29, 1.82) is 0 Å². The van der Waals surface area contributed by atoms with Gasteiger partial charge in [0.15, 0.2) is 0 Å². The molecule has 0 aromatic carbocycles. The molecule has 15 heavy (non-hydrogen) atoms. The number of rotatable bonds is 10. The highest BCUT2D eigenvalue weighted by molar-refractivity contribution is 7.66. The van der Waals surface area contributed by atoms with Crippen LogP contribution in [0.25, 0.3) is 0 Å². The topological polar surface area (TPSA) is 55.8 Å². The summed E-state index contributed by atoms with van der Waals surface area (Å²) in [5.41, 5.74) is 0.0617. The van der Waals surface area contributed by atoms with Gasteiger partial charge in [-0.1, -0.05) is 6.42 Å². The van der Waals surface area contributed by atoms with Crippen LogP contribution in [0.3, 0.4) is 0 Å². The van der Waals surface area contributed by atoms with Crippen LogP contribution < -0.4 is 0 Å². The minimum Gasteiger partial charge on any atom is -0.396 e. The zero-order chi connectivity index (χ0) is 11.5. The molecule has 0 spiro atoms. The number of unbranched alkanes of at least 4 members (excludes halogenated alkanes) is 2. The van der Waals surface area contributed by atoms with E-state index in [4.69, 9.17) is 14.2 Å². The summed E-state index contributed by atoms with van der Waals surface area (Å²) in [5, 5.41) is 8.58. The van der Waals surface area contributed by atoms with Gasteiger partial charge in [-0.05, 0) is 26.7 Å². The van der Waals surface area contributed by atoms with Crippen LogP contribution in [0.15, 0.2) is 0 Å². The van der Waals surface area contributed by atoms with E-state index in [0.29, 0.717) is 19.6 Å². The summed E-state index contributed by atoms with van der Waals surface area (Å²) >= 11 is 0. The van der Waals surface area contributed by atoms with Crippen LogP contribution in [0.2, 0.25) is 0 Å². The standard InChI is InChI=1S/C10H21O4P/c1-3-13-15(14-4-2)10(12)8-6-5-7-9-11/h11H,3-9H2,1-2H3. The highest BCUT2D eigenvalue weighted by atomic mass is 31.2. The van der Waals surface area contributed by atoms with Crippen LogP contribution in [0.5, 0.6) is 0 Å². The van der Waals surface area contributed by atoms with Crippen LogP contribution in [0, 0.1) is 0 Å². The van der Waals surface area contributed by atoms with Crippen LogP contribution in [0.1, 0.15) is 39.5 Å². The molecule has 0 saturated heterocycles. The molecule has 0 radical (unpaired) electrons. The van der Waals surface area contributed by atoms with Gasteiger partial charge in [-0.15, -0.1) is 0 Å². The first-order chi connectivity index (χ1) is 7.26. The molecule has 0 saturated carbocycles. The van der Waals surface area contributed by atoms with Gasteiger partial charge in [-0.25, -0.2) is 0 Å². The van der Waals surface area contributed by atoms with Gasteiger partial charge >= 0.3 is 0 Å². The monoisotopic (exact) mass is 236 g/mol. The Labute approximate surface area is 92.9 Å². The zero-order valence-electron chi connectivity index (χ0n) is 9.57. The van der Waals surface area contributed by atoms with E-state index < -0.39 is 8.38 Å². The van der Waals surface area contributed by atoms with Gasteiger partial charge in [-0.3, -0.25) is 4.79 Å². The van der Waals surface area contributed by atoms with Crippen molar-refractivity contribution in [3.05, 3.63) is 0 Å². The first-order valence-electron chi connectivity index (χ1n) is 5.45. The summed E-state index contributed by atoms with van der Waals surface area (Å²) in [6.45, 7) is 4.92. The highest BCUT2D eigenvalue weighted by Crippen LogP contribution is 2.40. The van der Waals surface area contributed by atoms with Crippen LogP contribution in [0.4, 0.5) is 0 Å². The summed E-state index contributed by atoms with van der Waals surface area (Å²) in [4.78, 5) is 11.6. The molecule has 0 unspecified atom stereocenters. The lowest BCUT2D eigenvalue weighted by Crippen LogP contribution is -2.02. The molecule has 90 valence electrons. The van der Waals surface area contributed by atoms with Crippen LogP contribution >= 0.6 is 8.38 Å². The predicted molar refractivity (Wildman–Crippen MR) is 60.7 cm³/mol. The summed E-state index contributed by atoms with van der Waals surface area (Å²) in [7, 11) is -1.34. The molecule has 1 N–H and O–H groups in total. The van der Waals surface area contributed by atoms with Gasteiger partial charge in [-0.2, -0.15) is 0 Å². The molecule has 4 nitrogen and oxygen atoms in total. The van der Waals surface area contributed by atoms with Crippen molar-refractivity contribution in [2.24, 2.45) is 0 Å². The molecule has 0 aliphatic carbocycles. The van der Waals surface area contributed by atoms with Gasteiger partial charge in [0.1, 0.15) is 0 Å². The lowest BCUT2D eigenvalue weighted by atomic mass is 10.2. The number of hydrogen-bond donors (Lipinski definition) is 1. The molecule has 0 bridgehead atoms. The van der Waals surface area contributed by atoms with E-state index in [1.807, 2.05) is 13.8 Å². The van der Waals surface area contributed by atoms with Crippen LogP contribution in [-0.2, 0) is 13.8 Å². The van der Waals surface area contributed by atoms with Crippen molar-refractivity contribution < 1.29 is 18.9 Å². The molecule has 0 aromatic heterocycles. The first-order valence-corrected chi connectivity index (χ1v) is 6.63. The molecule has 0 atom stereocenters. The molecule has 0 aliphatic rings. The van der Waals surface area contributed by atoms with Gasteiger partial charge in [0.05, 0.1) is 13.2 Å². The average Bonchev–Trinajstić information content (AvgIpc) is 2.24. The van der Waals surface area contributed by atoms with E-state index >= 15 is 0 Å². The Morgan fingerprint density at radius 1 is 1.13 bits per heavy atom. The van der Waals surface area contributed by atoms with E-state index in [1.54, 1.807) is 0 Å². The number of carbonyl (C=O) groups excluding carboxylic acids is 1. The smallest absolute Gasteiger partial charge is 0.243 e. The SMILES string of the molecule is CCOP(OCC)C(=O)CCCCCO. The largest absolute Gasteiger partial charge is 0.396 e. The molecular weight excluding hydrogens is 215 g/mol. The van der Waals surface area contributed by atoms with Crippen molar-refractivity contribution in [3.8, 4) is 0 Å². The Balaban J connectivity index is 3.70. The van der Waals surface area contributed by atoms with E-state index in [1.165, 1.54) is 0 Å². The molecule has 0 amide bonds. The lowest BCUT2D eigenvalue weighted by Gasteiger charge is -2.13. The maximum Gasteiger partial charge on any atom is 0.243 e. The fraction of sp³-hybridized carbons (Fsp3) is 0.900. The Kier molecular flexibility index (Phi) is 10.5. The molecule has 0 rings (SSSR count). The normalized spacial score (nSPS) is 10.9. The molecule has 0 aromatic rings. The van der Waals surface area contributed by atoms with Crippen LogP contribution in [-0.4, -0.2) is 30.5 Å². The maximum absolute atomic E-state index is 11.6. The number of hydrogen-bond acceptors (Lipinski definition) is 4. The molecule has 0 aliphatic heterocycles. The number of carbonyl (C=O) groups is 1. The van der Waals surface area contributed by atoms with Crippen molar-refractivity contribution in [2.75, 3.05) is 19.8 Å². The number of aliphatic hydroxyl groups excluding tert-OH is 1. The van der Waals surface area contributed by atoms with E-state index in [-0.39, 0.29) is 12.1 Å². The fourth-order valence-electron chi connectivity index (χ4n) is 1.07. The molecular formula is C10H21O4P. The minimum atomic E-state index is -1.34. The Bertz CT molecular complexity index is 158. The summed E-state index contributed by atoms with van der Waals surface area (Å²) in [6.07, 6.45) is 2.93. The van der Waals surface area contributed by atoms with Crippen molar-refractivity contribution in [3.63, 3.8) is 0 Å². The third-order valence-electron chi connectivity index (χ3n) is 1.75.